The zero-order valence-corrected chi connectivity index (χ0v) is 17.5. The van der Waals surface area contributed by atoms with Gasteiger partial charge in [-0.05, 0) is 31.4 Å². The van der Waals surface area contributed by atoms with Gasteiger partial charge in [-0.1, -0.05) is 30.3 Å². The molecule has 1 N–H and O–H groups in total. The first-order valence-corrected chi connectivity index (χ1v) is 9.80. The molecule has 3 saturated heterocycles. The third-order valence-electron chi connectivity index (χ3n) is 6.01. The standard InChI is InChI=1S/C20H30N4O.2ClH/c25-20(24-18-6-7-19(24)14-21-9-8-18)16-23-12-10-22(11-13-23)15-17-4-2-1-3-5-17;;/h1-5,18-19,21H,6-16H2;2*1H. The monoisotopic (exact) mass is 414 g/mol. The van der Waals surface area contributed by atoms with Gasteiger partial charge in [0.05, 0.1) is 6.54 Å². The van der Waals surface area contributed by atoms with Crippen molar-refractivity contribution in [3.8, 4) is 0 Å². The topological polar surface area (TPSA) is 38.8 Å². The first kappa shape index (κ1) is 22.4. The molecule has 0 radical (unpaired) electrons. The number of benzene rings is 1. The molecule has 3 fully saturated rings. The van der Waals surface area contributed by atoms with E-state index < -0.39 is 0 Å². The van der Waals surface area contributed by atoms with Crippen LogP contribution in [0.15, 0.2) is 30.3 Å². The van der Waals surface area contributed by atoms with Gasteiger partial charge in [-0.25, -0.2) is 0 Å². The van der Waals surface area contributed by atoms with Crippen molar-refractivity contribution in [3.63, 3.8) is 0 Å². The van der Waals surface area contributed by atoms with E-state index in [-0.39, 0.29) is 24.8 Å². The highest BCUT2D eigenvalue weighted by atomic mass is 35.5. The fraction of sp³-hybridized carbons (Fsp3) is 0.650. The molecule has 152 valence electrons. The Balaban J connectivity index is 0.00000131. The van der Waals surface area contributed by atoms with Crippen molar-refractivity contribution in [3.05, 3.63) is 35.9 Å². The molecule has 0 aromatic heterocycles. The van der Waals surface area contributed by atoms with Crippen LogP contribution in [0.1, 0.15) is 24.8 Å². The van der Waals surface area contributed by atoms with Crippen molar-refractivity contribution in [1.29, 1.82) is 0 Å². The summed E-state index contributed by atoms with van der Waals surface area (Å²) < 4.78 is 0. The number of rotatable bonds is 4. The fourth-order valence-corrected chi connectivity index (χ4v) is 4.61. The van der Waals surface area contributed by atoms with Gasteiger partial charge in [-0.3, -0.25) is 14.6 Å². The van der Waals surface area contributed by atoms with Gasteiger partial charge in [0, 0.05) is 51.4 Å². The van der Waals surface area contributed by atoms with Crippen molar-refractivity contribution in [2.75, 3.05) is 45.8 Å². The lowest BCUT2D eigenvalue weighted by molar-refractivity contribution is -0.135. The van der Waals surface area contributed by atoms with Crippen molar-refractivity contribution in [2.45, 2.75) is 37.9 Å². The molecule has 1 aromatic rings. The highest BCUT2D eigenvalue weighted by molar-refractivity contribution is 5.85. The Hall–Kier alpha value is -0.850. The highest BCUT2D eigenvalue weighted by Crippen LogP contribution is 2.28. The van der Waals surface area contributed by atoms with E-state index in [0.29, 0.717) is 24.5 Å². The molecule has 27 heavy (non-hydrogen) atoms. The minimum absolute atomic E-state index is 0. The predicted octanol–water partition coefficient (Wildman–Crippen LogP) is 2.00. The third-order valence-corrected chi connectivity index (χ3v) is 6.01. The number of carbonyl (C=O) groups excluding carboxylic acids is 1. The molecule has 1 amide bonds. The van der Waals surface area contributed by atoms with E-state index >= 15 is 0 Å². The average Bonchev–Trinajstić information content (AvgIpc) is 2.90. The smallest absolute Gasteiger partial charge is 0.237 e. The molecule has 0 spiro atoms. The van der Waals surface area contributed by atoms with E-state index in [2.05, 4.69) is 50.3 Å². The van der Waals surface area contributed by atoms with Crippen LogP contribution in [0.25, 0.3) is 0 Å². The number of piperazine rings is 1. The minimum Gasteiger partial charge on any atom is -0.334 e. The lowest BCUT2D eigenvalue weighted by Gasteiger charge is -2.36. The summed E-state index contributed by atoms with van der Waals surface area (Å²) >= 11 is 0. The molecular formula is C20H32Cl2N4O. The van der Waals surface area contributed by atoms with E-state index in [4.69, 9.17) is 0 Å². The normalized spacial score (nSPS) is 26.0. The second-order valence-corrected chi connectivity index (χ2v) is 7.72. The molecule has 5 nitrogen and oxygen atoms in total. The van der Waals surface area contributed by atoms with Crippen LogP contribution in [0.5, 0.6) is 0 Å². The molecule has 3 heterocycles. The van der Waals surface area contributed by atoms with E-state index in [1.807, 2.05) is 0 Å². The Morgan fingerprint density at radius 2 is 1.59 bits per heavy atom. The summed E-state index contributed by atoms with van der Waals surface area (Å²) in [6.07, 6.45) is 3.49. The molecule has 1 aromatic carbocycles. The molecule has 4 rings (SSSR count). The lowest BCUT2D eigenvalue weighted by atomic mass is 10.1. The molecule has 3 aliphatic rings. The summed E-state index contributed by atoms with van der Waals surface area (Å²) in [5, 5.41) is 3.48. The first-order chi connectivity index (χ1) is 12.3. The van der Waals surface area contributed by atoms with Crippen LogP contribution in [0.4, 0.5) is 0 Å². The van der Waals surface area contributed by atoms with Gasteiger partial charge >= 0.3 is 0 Å². The maximum Gasteiger partial charge on any atom is 0.237 e. The Kier molecular flexibility index (Phi) is 8.83. The summed E-state index contributed by atoms with van der Waals surface area (Å²) in [7, 11) is 0. The van der Waals surface area contributed by atoms with Crippen molar-refractivity contribution in [2.24, 2.45) is 0 Å². The number of nitrogens with one attached hydrogen (secondary N) is 1. The third kappa shape index (κ3) is 5.58. The van der Waals surface area contributed by atoms with Gasteiger partial charge in [-0.2, -0.15) is 0 Å². The van der Waals surface area contributed by atoms with Crippen molar-refractivity contribution in [1.82, 2.24) is 20.0 Å². The van der Waals surface area contributed by atoms with E-state index in [1.165, 1.54) is 18.4 Å². The van der Waals surface area contributed by atoms with Crippen molar-refractivity contribution < 1.29 is 4.79 Å². The van der Waals surface area contributed by atoms with E-state index in [9.17, 15) is 4.79 Å². The van der Waals surface area contributed by atoms with Gasteiger partial charge in [0.2, 0.25) is 5.91 Å². The van der Waals surface area contributed by atoms with Crippen LogP contribution in [0.2, 0.25) is 0 Å². The minimum atomic E-state index is 0. The Labute approximate surface area is 175 Å². The molecule has 2 atom stereocenters. The largest absolute Gasteiger partial charge is 0.334 e. The van der Waals surface area contributed by atoms with Gasteiger partial charge in [-0.15, -0.1) is 24.8 Å². The zero-order chi connectivity index (χ0) is 17.1. The molecular weight excluding hydrogens is 383 g/mol. The SMILES string of the molecule is Cl.Cl.O=C(CN1CCN(Cc2ccccc2)CC1)N1C2CCNCC1CC2. The second kappa shape index (κ2) is 10.6. The Morgan fingerprint density at radius 1 is 0.926 bits per heavy atom. The van der Waals surface area contributed by atoms with E-state index in [0.717, 1.165) is 52.2 Å². The number of nitrogens with zero attached hydrogens (tertiary/aromatic N) is 3. The number of halogens is 2. The molecule has 0 saturated carbocycles. The summed E-state index contributed by atoms with van der Waals surface area (Å²) in [6, 6.07) is 11.6. The van der Waals surface area contributed by atoms with Crippen LogP contribution in [0, 0.1) is 0 Å². The van der Waals surface area contributed by atoms with Crippen LogP contribution in [-0.4, -0.2) is 78.5 Å². The van der Waals surface area contributed by atoms with Gasteiger partial charge in [0.1, 0.15) is 0 Å². The number of amides is 1. The molecule has 0 aliphatic carbocycles. The van der Waals surface area contributed by atoms with Gasteiger partial charge < -0.3 is 10.2 Å². The fourth-order valence-electron chi connectivity index (χ4n) is 4.61. The summed E-state index contributed by atoms with van der Waals surface area (Å²) in [4.78, 5) is 20.0. The molecule has 2 bridgehead atoms. The molecule has 2 unspecified atom stereocenters. The Bertz CT molecular complexity index is 567. The number of hydrogen-bond donors (Lipinski definition) is 1. The van der Waals surface area contributed by atoms with Crippen LogP contribution < -0.4 is 5.32 Å². The average molecular weight is 415 g/mol. The summed E-state index contributed by atoms with van der Waals surface area (Å²) in [6.45, 7) is 7.76. The highest BCUT2D eigenvalue weighted by Gasteiger charge is 2.38. The van der Waals surface area contributed by atoms with E-state index in [1.54, 1.807) is 0 Å². The van der Waals surface area contributed by atoms with Crippen LogP contribution in [-0.2, 0) is 11.3 Å². The maximum atomic E-state index is 12.9. The Morgan fingerprint density at radius 3 is 2.33 bits per heavy atom. The van der Waals surface area contributed by atoms with Crippen molar-refractivity contribution >= 4 is 30.7 Å². The molecule has 3 aliphatic heterocycles. The van der Waals surface area contributed by atoms with Gasteiger partial charge in [0.25, 0.3) is 0 Å². The predicted molar refractivity (Wildman–Crippen MR) is 114 cm³/mol. The van der Waals surface area contributed by atoms with Crippen LogP contribution in [0.3, 0.4) is 0 Å². The lowest BCUT2D eigenvalue weighted by Crippen LogP contribution is -2.52. The maximum absolute atomic E-state index is 12.9. The van der Waals surface area contributed by atoms with Crippen LogP contribution >= 0.6 is 24.8 Å². The quantitative estimate of drug-likeness (QED) is 0.817. The first-order valence-electron chi connectivity index (χ1n) is 9.80. The number of carbonyl (C=O) groups is 1. The summed E-state index contributed by atoms with van der Waals surface area (Å²) in [5.74, 6) is 0.354. The van der Waals surface area contributed by atoms with Gasteiger partial charge in [0.15, 0.2) is 0 Å². The molecule has 7 heteroatoms. The second-order valence-electron chi connectivity index (χ2n) is 7.72. The number of fused-ring (bicyclic) bond motifs is 2. The zero-order valence-electron chi connectivity index (χ0n) is 15.9. The summed E-state index contributed by atoms with van der Waals surface area (Å²) in [5.41, 5.74) is 1.38. The number of hydrogen-bond acceptors (Lipinski definition) is 4.